The summed E-state index contributed by atoms with van der Waals surface area (Å²) >= 11 is 0. The van der Waals surface area contributed by atoms with Crippen LogP contribution in [0.4, 0.5) is 5.69 Å². The molecule has 1 aromatic rings. The van der Waals surface area contributed by atoms with Crippen molar-refractivity contribution in [2.45, 2.75) is 31.4 Å². The molecular formula is C14H19NO2. The average molecular weight is 233 g/mol. The van der Waals surface area contributed by atoms with Crippen molar-refractivity contribution in [3.8, 4) is 0 Å². The van der Waals surface area contributed by atoms with Crippen molar-refractivity contribution in [3.05, 3.63) is 29.8 Å². The van der Waals surface area contributed by atoms with Crippen molar-refractivity contribution < 1.29 is 9.84 Å². The molecule has 17 heavy (non-hydrogen) atoms. The minimum Gasteiger partial charge on any atom is -0.396 e. The Hall–Kier alpha value is -1.06. The first-order chi connectivity index (χ1) is 8.40. The van der Waals surface area contributed by atoms with Gasteiger partial charge in [-0.25, -0.2) is 0 Å². The number of benzene rings is 1. The summed E-state index contributed by atoms with van der Waals surface area (Å²) in [6.07, 6.45) is 3.27. The lowest BCUT2D eigenvalue weighted by molar-refractivity contribution is 0.0813. The van der Waals surface area contributed by atoms with E-state index in [2.05, 4.69) is 29.6 Å². The van der Waals surface area contributed by atoms with E-state index in [-0.39, 0.29) is 12.7 Å². The number of ether oxygens (including phenoxy) is 1. The zero-order valence-corrected chi connectivity index (χ0v) is 9.93. The summed E-state index contributed by atoms with van der Waals surface area (Å²) in [7, 11) is 0. The highest BCUT2D eigenvalue weighted by molar-refractivity contribution is 5.55. The van der Waals surface area contributed by atoms with Crippen LogP contribution in [0.3, 0.4) is 0 Å². The fourth-order valence-electron chi connectivity index (χ4n) is 3.12. The normalized spacial score (nSPS) is 30.5. The maximum atomic E-state index is 8.97. The van der Waals surface area contributed by atoms with Crippen LogP contribution in [0.5, 0.6) is 0 Å². The molecule has 0 radical (unpaired) electrons. The molecule has 3 atom stereocenters. The van der Waals surface area contributed by atoms with Crippen molar-refractivity contribution in [1.29, 1.82) is 0 Å². The van der Waals surface area contributed by atoms with Gasteiger partial charge in [0.2, 0.25) is 0 Å². The molecule has 0 unspecified atom stereocenters. The summed E-state index contributed by atoms with van der Waals surface area (Å²) in [5.74, 6) is 0.566. The highest BCUT2D eigenvalue weighted by Crippen LogP contribution is 2.45. The van der Waals surface area contributed by atoms with Gasteiger partial charge in [0.25, 0.3) is 0 Å². The van der Waals surface area contributed by atoms with Crippen LogP contribution >= 0.6 is 0 Å². The summed E-state index contributed by atoms with van der Waals surface area (Å²) in [6, 6.07) is 8.87. The van der Waals surface area contributed by atoms with Crippen LogP contribution in [-0.2, 0) is 4.74 Å². The predicted molar refractivity (Wildman–Crippen MR) is 67.0 cm³/mol. The summed E-state index contributed by atoms with van der Waals surface area (Å²) < 4.78 is 5.89. The molecule has 3 heteroatoms. The third-order valence-corrected chi connectivity index (χ3v) is 3.94. The molecule has 1 aromatic carbocycles. The molecule has 0 amide bonds. The van der Waals surface area contributed by atoms with Crippen molar-refractivity contribution in [3.63, 3.8) is 0 Å². The largest absolute Gasteiger partial charge is 0.396 e. The van der Waals surface area contributed by atoms with Crippen LogP contribution in [0.15, 0.2) is 24.3 Å². The van der Waals surface area contributed by atoms with Gasteiger partial charge in [-0.05, 0) is 25.3 Å². The van der Waals surface area contributed by atoms with Crippen LogP contribution in [0, 0.1) is 5.92 Å². The van der Waals surface area contributed by atoms with Gasteiger partial charge in [-0.3, -0.25) is 0 Å². The van der Waals surface area contributed by atoms with Crippen LogP contribution in [-0.4, -0.2) is 24.4 Å². The second-order valence-corrected chi connectivity index (χ2v) is 4.95. The van der Waals surface area contributed by atoms with Crippen LogP contribution in [0.1, 0.15) is 30.9 Å². The molecule has 2 aliphatic rings. The van der Waals surface area contributed by atoms with E-state index in [1.165, 1.54) is 11.3 Å². The van der Waals surface area contributed by atoms with Gasteiger partial charge in [-0.2, -0.15) is 0 Å². The van der Waals surface area contributed by atoms with Crippen molar-refractivity contribution in [2.24, 2.45) is 5.92 Å². The fraction of sp³-hybridized carbons (Fsp3) is 0.571. The maximum absolute atomic E-state index is 8.97. The molecule has 2 N–H and O–H groups in total. The highest BCUT2D eigenvalue weighted by atomic mass is 16.5. The fourth-order valence-corrected chi connectivity index (χ4v) is 3.12. The van der Waals surface area contributed by atoms with Gasteiger partial charge in [-0.1, -0.05) is 18.2 Å². The Bertz CT molecular complexity index is 394. The van der Waals surface area contributed by atoms with E-state index in [0.717, 1.165) is 25.9 Å². The zero-order valence-electron chi connectivity index (χ0n) is 9.93. The van der Waals surface area contributed by atoms with E-state index in [0.29, 0.717) is 12.0 Å². The Morgan fingerprint density at radius 3 is 3.12 bits per heavy atom. The first-order valence-electron chi connectivity index (χ1n) is 6.48. The molecule has 2 heterocycles. The lowest BCUT2D eigenvalue weighted by Crippen LogP contribution is -2.36. The van der Waals surface area contributed by atoms with Crippen LogP contribution < -0.4 is 5.32 Å². The molecule has 3 nitrogen and oxygen atoms in total. The lowest BCUT2D eigenvalue weighted by atomic mass is 9.82. The van der Waals surface area contributed by atoms with Gasteiger partial charge in [0.05, 0.1) is 6.10 Å². The Labute approximate surface area is 102 Å². The number of para-hydroxylation sites is 1. The molecule has 0 aliphatic carbocycles. The van der Waals surface area contributed by atoms with Gasteiger partial charge in [0, 0.05) is 36.4 Å². The van der Waals surface area contributed by atoms with Gasteiger partial charge < -0.3 is 15.2 Å². The Balaban J connectivity index is 1.87. The minimum absolute atomic E-state index is 0.260. The topological polar surface area (TPSA) is 41.5 Å². The molecular weight excluding hydrogens is 214 g/mol. The van der Waals surface area contributed by atoms with Gasteiger partial charge in [0.1, 0.15) is 0 Å². The van der Waals surface area contributed by atoms with E-state index in [9.17, 15) is 0 Å². The summed E-state index contributed by atoms with van der Waals surface area (Å²) in [5.41, 5.74) is 2.51. The summed E-state index contributed by atoms with van der Waals surface area (Å²) in [6.45, 7) is 1.14. The summed E-state index contributed by atoms with van der Waals surface area (Å²) in [4.78, 5) is 0. The van der Waals surface area contributed by atoms with Gasteiger partial charge in [0.15, 0.2) is 0 Å². The van der Waals surface area contributed by atoms with E-state index in [1.807, 2.05) is 0 Å². The quantitative estimate of drug-likeness (QED) is 0.842. The number of nitrogens with one attached hydrogen (secondary N) is 1. The predicted octanol–water partition coefficient (Wildman–Crippen LogP) is 2.33. The molecule has 1 fully saturated rings. The van der Waals surface area contributed by atoms with Crippen LogP contribution in [0.2, 0.25) is 0 Å². The number of hydrogen-bond acceptors (Lipinski definition) is 3. The smallest absolute Gasteiger partial charge is 0.0893 e. The summed E-state index contributed by atoms with van der Waals surface area (Å²) in [5, 5.41) is 12.6. The molecule has 2 aliphatic heterocycles. The van der Waals surface area contributed by atoms with E-state index in [1.54, 1.807) is 0 Å². The number of anilines is 1. The second-order valence-electron chi connectivity index (χ2n) is 4.95. The number of rotatable bonds is 3. The molecule has 3 rings (SSSR count). The van der Waals surface area contributed by atoms with Crippen molar-refractivity contribution in [1.82, 2.24) is 0 Å². The average Bonchev–Trinajstić information content (AvgIpc) is 2.85. The zero-order chi connectivity index (χ0) is 11.7. The number of aliphatic hydroxyl groups excluding tert-OH is 1. The SMILES string of the molecule is OCCC[C@@H]1Nc2ccccc2[C@@H]2OCC[C@@H]12. The monoisotopic (exact) mass is 233 g/mol. The first-order valence-corrected chi connectivity index (χ1v) is 6.48. The minimum atomic E-state index is 0.260. The molecule has 0 aromatic heterocycles. The van der Waals surface area contributed by atoms with E-state index < -0.39 is 0 Å². The van der Waals surface area contributed by atoms with E-state index in [4.69, 9.17) is 9.84 Å². The standard InChI is InChI=1S/C14H19NO2/c16-8-3-6-13-11-7-9-17-14(11)10-4-1-2-5-12(10)15-13/h1-2,4-5,11,13-16H,3,6-9H2/t11-,13-,14-/m0/s1. The maximum Gasteiger partial charge on any atom is 0.0893 e. The Morgan fingerprint density at radius 2 is 2.24 bits per heavy atom. The third kappa shape index (κ3) is 1.94. The second kappa shape index (κ2) is 4.67. The number of hydrogen-bond donors (Lipinski definition) is 2. The molecule has 0 bridgehead atoms. The molecule has 0 saturated carbocycles. The Kier molecular flexibility index (Phi) is 3.04. The molecule has 92 valence electrons. The van der Waals surface area contributed by atoms with Gasteiger partial charge >= 0.3 is 0 Å². The number of fused-ring (bicyclic) bond motifs is 3. The first kappa shape index (κ1) is 11.1. The van der Waals surface area contributed by atoms with Crippen molar-refractivity contribution in [2.75, 3.05) is 18.5 Å². The van der Waals surface area contributed by atoms with E-state index >= 15 is 0 Å². The molecule has 0 spiro atoms. The number of aliphatic hydroxyl groups is 1. The third-order valence-electron chi connectivity index (χ3n) is 3.94. The lowest BCUT2D eigenvalue weighted by Gasteiger charge is -2.36. The van der Waals surface area contributed by atoms with Gasteiger partial charge in [-0.15, -0.1) is 0 Å². The van der Waals surface area contributed by atoms with Crippen molar-refractivity contribution >= 4 is 5.69 Å². The Morgan fingerprint density at radius 1 is 1.35 bits per heavy atom. The molecule has 1 saturated heterocycles. The van der Waals surface area contributed by atoms with Crippen LogP contribution in [0.25, 0.3) is 0 Å². The highest BCUT2D eigenvalue weighted by Gasteiger charge is 2.39.